The molecule has 0 atom stereocenters. The summed E-state index contributed by atoms with van der Waals surface area (Å²) in [5.74, 6) is 0. The summed E-state index contributed by atoms with van der Waals surface area (Å²) < 4.78 is 31.6. The van der Waals surface area contributed by atoms with Crippen molar-refractivity contribution in [3.63, 3.8) is 0 Å². The van der Waals surface area contributed by atoms with Crippen LogP contribution in [0, 0.1) is 0 Å². The average molecular weight is 507 g/mol. The molecule has 0 aliphatic rings. The summed E-state index contributed by atoms with van der Waals surface area (Å²) in [5, 5.41) is 0. The molecule has 0 amide bonds. The molecule has 0 saturated carbocycles. The third kappa shape index (κ3) is 85.7. The first-order valence-corrected chi connectivity index (χ1v) is 2.10. The van der Waals surface area contributed by atoms with E-state index < -0.39 is 10.4 Å². The molecule has 0 fully saturated rings. The van der Waals surface area contributed by atoms with E-state index in [0.717, 1.165) is 0 Å². The first-order valence-electron chi connectivity index (χ1n) is 0.698. The Morgan fingerprint density at radius 1 is 1.00 bits per heavy atom. The maximum Gasteiger partial charge on any atom is 1.00 e. The molecular formula is H2O4STl2+2. The van der Waals surface area contributed by atoms with Gasteiger partial charge in [-0.25, -0.2) is 0 Å². The van der Waals surface area contributed by atoms with E-state index in [1.165, 1.54) is 0 Å². The SMILES string of the molecule is O=S(=O)(O)O.[Tl+].[Tl+]. The molecule has 0 spiro atoms. The van der Waals surface area contributed by atoms with Crippen LogP contribution < -0.4 is 0 Å². The molecule has 0 aliphatic carbocycles. The van der Waals surface area contributed by atoms with E-state index in [9.17, 15) is 0 Å². The zero-order chi connectivity index (χ0) is 4.50. The number of rotatable bonds is 0. The Morgan fingerprint density at radius 3 is 1.00 bits per heavy atom. The summed E-state index contributed by atoms with van der Waals surface area (Å²) >= 11 is 0. The van der Waals surface area contributed by atoms with Crippen molar-refractivity contribution in [1.29, 1.82) is 0 Å². The quantitative estimate of drug-likeness (QED) is 0.313. The van der Waals surface area contributed by atoms with Crippen molar-refractivity contribution < 1.29 is 17.5 Å². The molecule has 0 aromatic rings. The fourth-order valence-corrected chi connectivity index (χ4v) is 0. The van der Waals surface area contributed by atoms with Crippen molar-refractivity contribution in [2.24, 2.45) is 0 Å². The van der Waals surface area contributed by atoms with Crippen LogP contribution in [-0.4, -0.2) is 72.1 Å². The van der Waals surface area contributed by atoms with Gasteiger partial charge >= 0.3 is 65.0 Å². The van der Waals surface area contributed by atoms with E-state index in [4.69, 9.17) is 17.5 Å². The van der Waals surface area contributed by atoms with Gasteiger partial charge in [0.2, 0.25) is 0 Å². The minimum Gasteiger partial charge on any atom is -0.264 e. The molecule has 0 aromatic heterocycles. The van der Waals surface area contributed by atoms with Gasteiger partial charge in [0, 0.05) is 0 Å². The van der Waals surface area contributed by atoms with E-state index >= 15 is 0 Å². The molecule has 7 heteroatoms. The molecule has 36 valence electrons. The van der Waals surface area contributed by atoms with Crippen molar-refractivity contribution in [3.8, 4) is 0 Å². The third-order valence-corrected chi connectivity index (χ3v) is 0. The van der Waals surface area contributed by atoms with Gasteiger partial charge < -0.3 is 0 Å². The standard InChI is InChI=1S/H2O4S.2Tl/c1-5(2,3)4;;/h(H2,1,2,3,4);;/q;2*+1. The maximum absolute atomic E-state index is 8.74. The Bertz CT molecular complexity index is 92.9. The van der Waals surface area contributed by atoms with Gasteiger partial charge in [-0.3, -0.25) is 9.11 Å². The predicted molar refractivity (Wildman–Crippen MR) is 25.7 cm³/mol. The van der Waals surface area contributed by atoms with Crippen LogP contribution in [0.4, 0.5) is 0 Å². The van der Waals surface area contributed by atoms with Crippen molar-refractivity contribution in [2.75, 3.05) is 0 Å². The summed E-state index contributed by atoms with van der Waals surface area (Å²) in [6.45, 7) is 0. The van der Waals surface area contributed by atoms with Gasteiger partial charge in [-0.15, -0.1) is 0 Å². The molecule has 0 heterocycles. The van der Waals surface area contributed by atoms with Gasteiger partial charge in [0.1, 0.15) is 0 Å². The molecule has 7 heavy (non-hydrogen) atoms. The summed E-state index contributed by atoms with van der Waals surface area (Å²) in [7, 11) is -4.67. The molecular weight excluding hydrogens is 505 g/mol. The Labute approximate surface area is 81.6 Å². The second kappa shape index (κ2) is 5.84. The normalized spacial score (nSPS) is 8.29. The smallest absolute Gasteiger partial charge is 0.264 e. The zero-order valence-corrected chi connectivity index (χ0v) is 13.1. The Kier molecular flexibility index (Phi) is 13.3. The van der Waals surface area contributed by atoms with Crippen molar-refractivity contribution in [3.05, 3.63) is 0 Å². The van der Waals surface area contributed by atoms with Gasteiger partial charge in [-0.1, -0.05) is 0 Å². The van der Waals surface area contributed by atoms with Gasteiger partial charge in [-0.2, -0.15) is 8.42 Å². The zero-order valence-electron chi connectivity index (χ0n) is 3.27. The van der Waals surface area contributed by atoms with Crippen LogP contribution in [-0.2, 0) is 10.4 Å². The average Bonchev–Trinajstić information content (AvgIpc) is 0.722. The van der Waals surface area contributed by atoms with Crippen molar-refractivity contribution >= 4 is 65.0 Å². The van der Waals surface area contributed by atoms with Crippen LogP contribution in [0.2, 0.25) is 0 Å². The summed E-state index contributed by atoms with van der Waals surface area (Å²) in [4.78, 5) is 0. The molecule has 0 aromatic carbocycles. The van der Waals surface area contributed by atoms with E-state index in [1.54, 1.807) is 0 Å². The van der Waals surface area contributed by atoms with E-state index in [-0.39, 0.29) is 54.6 Å². The monoisotopic (exact) mass is 508 g/mol. The van der Waals surface area contributed by atoms with Crippen LogP contribution >= 0.6 is 0 Å². The van der Waals surface area contributed by atoms with Crippen molar-refractivity contribution in [1.82, 2.24) is 0 Å². The van der Waals surface area contributed by atoms with Crippen LogP contribution in [0.3, 0.4) is 0 Å². The van der Waals surface area contributed by atoms with Crippen LogP contribution in [0.25, 0.3) is 0 Å². The number of hydrogen-bond acceptors (Lipinski definition) is 2. The summed E-state index contributed by atoms with van der Waals surface area (Å²) in [6, 6.07) is 0. The van der Waals surface area contributed by atoms with E-state index in [1.807, 2.05) is 0 Å². The molecule has 0 unspecified atom stereocenters. The van der Waals surface area contributed by atoms with E-state index in [2.05, 4.69) is 0 Å². The van der Waals surface area contributed by atoms with Gasteiger partial charge in [-0.05, 0) is 0 Å². The summed E-state index contributed by atoms with van der Waals surface area (Å²) in [5.41, 5.74) is 0. The Morgan fingerprint density at radius 2 is 1.00 bits per heavy atom. The fourth-order valence-electron chi connectivity index (χ4n) is 0. The molecule has 0 radical (unpaired) electrons. The maximum atomic E-state index is 8.74. The van der Waals surface area contributed by atoms with Gasteiger partial charge in [0.25, 0.3) is 0 Å². The third-order valence-electron chi connectivity index (χ3n) is 0. The van der Waals surface area contributed by atoms with E-state index in [0.29, 0.717) is 0 Å². The van der Waals surface area contributed by atoms with Crippen LogP contribution in [0.15, 0.2) is 0 Å². The first-order chi connectivity index (χ1) is 2.00. The van der Waals surface area contributed by atoms with Crippen molar-refractivity contribution in [2.45, 2.75) is 0 Å². The van der Waals surface area contributed by atoms with Gasteiger partial charge in [0.15, 0.2) is 0 Å². The Hall–Kier alpha value is 1.71. The molecule has 2 N–H and O–H groups in total. The summed E-state index contributed by atoms with van der Waals surface area (Å²) in [6.07, 6.45) is 0. The molecule has 0 saturated heterocycles. The largest absolute Gasteiger partial charge is 1.00 e. The molecule has 0 rings (SSSR count). The predicted octanol–water partition coefficient (Wildman–Crippen LogP) is -1.41. The second-order valence-electron chi connectivity index (χ2n) is 0.448. The first kappa shape index (κ1) is 15.9. The van der Waals surface area contributed by atoms with Crippen LogP contribution in [0.5, 0.6) is 0 Å². The van der Waals surface area contributed by atoms with Crippen LogP contribution in [0.1, 0.15) is 0 Å². The minimum absolute atomic E-state index is 0. The minimum atomic E-state index is -4.67. The topological polar surface area (TPSA) is 74.6 Å². The second-order valence-corrected chi connectivity index (χ2v) is 1.34. The molecule has 0 aliphatic heterocycles. The Balaban J connectivity index is -0.0000000800. The molecule has 0 bridgehead atoms. The number of hydrogen-bond donors (Lipinski definition) is 2. The van der Waals surface area contributed by atoms with Gasteiger partial charge in [0.05, 0.1) is 0 Å². The molecule has 4 nitrogen and oxygen atoms in total. The fraction of sp³-hybridized carbons (Fsp3) is 0.